The van der Waals surface area contributed by atoms with Crippen molar-refractivity contribution in [3.05, 3.63) is 12.2 Å². The molecule has 6 nitrogen and oxygen atoms in total. The number of methoxy groups -OCH3 is 1. The summed E-state index contributed by atoms with van der Waals surface area (Å²) in [6.07, 6.45) is -2.40. The van der Waals surface area contributed by atoms with Crippen molar-refractivity contribution >= 4 is 0 Å². The van der Waals surface area contributed by atoms with Crippen LogP contribution in [0.3, 0.4) is 0 Å². The Morgan fingerprint density at radius 1 is 1.35 bits per heavy atom. The Labute approximate surface area is 115 Å². The molecule has 20 heavy (non-hydrogen) atoms. The van der Waals surface area contributed by atoms with Crippen molar-refractivity contribution in [1.82, 2.24) is 20.1 Å². The Morgan fingerprint density at radius 3 is 2.85 bits per heavy atom. The zero-order chi connectivity index (χ0) is 14.8. The normalized spacial score (nSPS) is 12.0. The van der Waals surface area contributed by atoms with Crippen LogP contribution < -0.4 is 5.32 Å². The first-order valence-electron chi connectivity index (χ1n) is 6.24. The molecule has 0 unspecified atom stereocenters. The fourth-order valence-electron chi connectivity index (χ4n) is 1.49. The minimum absolute atomic E-state index is 0.0376. The fourth-order valence-corrected chi connectivity index (χ4v) is 1.49. The van der Waals surface area contributed by atoms with Crippen molar-refractivity contribution in [2.24, 2.45) is 0 Å². The lowest BCUT2D eigenvalue weighted by Gasteiger charge is -2.09. The van der Waals surface area contributed by atoms with Gasteiger partial charge in [-0.2, -0.15) is 18.3 Å². The Kier molecular flexibility index (Phi) is 7.48. The van der Waals surface area contributed by atoms with Crippen LogP contribution in [0.1, 0.15) is 12.2 Å². The first kappa shape index (κ1) is 16.9. The van der Waals surface area contributed by atoms with E-state index in [9.17, 15) is 13.2 Å². The number of hydrogen-bond acceptors (Lipinski definition) is 5. The summed E-state index contributed by atoms with van der Waals surface area (Å²) >= 11 is 0. The second kappa shape index (κ2) is 8.88. The SMILES string of the molecule is COCCNCc1ncnn1CCCOCC(F)(F)F. The van der Waals surface area contributed by atoms with Gasteiger partial charge in [0.2, 0.25) is 0 Å². The minimum atomic E-state index is -4.27. The molecule has 116 valence electrons. The van der Waals surface area contributed by atoms with Gasteiger partial charge in [0.25, 0.3) is 0 Å². The standard InChI is InChI=1S/C11H19F3N4O2/c1-19-6-3-15-7-10-16-9-17-18(10)4-2-5-20-8-11(12,13)14/h9,15H,2-8H2,1H3. The van der Waals surface area contributed by atoms with Crippen molar-refractivity contribution in [3.63, 3.8) is 0 Å². The van der Waals surface area contributed by atoms with Gasteiger partial charge in [-0.1, -0.05) is 0 Å². The van der Waals surface area contributed by atoms with Gasteiger partial charge in [0.1, 0.15) is 18.8 Å². The third-order valence-electron chi connectivity index (χ3n) is 2.39. The van der Waals surface area contributed by atoms with Crippen LogP contribution in [0.4, 0.5) is 13.2 Å². The van der Waals surface area contributed by atoms with E-state index in [0.29, 0.717) is 32.7 Å². The highest BCUT2D eigenvalue weighted by molar-refractivity contribution is 4.83. The van der Waals surface area contributed by atoms with E-state index in [1.54, 1.807) is 11.8 Å². The molecule has 0 saturated carbocycles. The molecular weight excluding hydrogens is 277 g/mol. The number of halogens is 3. The predicted octanol–water partition coefficient (Wildman–Crippen LogP) is 0.983. The summed E-state index contributed by atoms with van der Waals surface area (Å²) in [6, 6.07) is 0. The van der Waals surface area contributed by atoms with E-state index < -0.39 is 12.8 Å². The molecule has 0 bridgehead atoms. The van der Waals surface area contributed by atoms with Crippen LogP contribution in [-0.4, -0.2) is 54.4 Å². The van der Waals surface area contributed by atoms with Crippen molar-refractivity contribution < 1.29 is 22.6 Å². The second-order valence-corrected chi connectivity index (χ2v) is 4.09. The molecule has 0 spiro atoms. The maximum atomic E-state index is 11.9. The van der Waals surface area contributed by atoms with Gasteiger partial charge in [0.05, 0.1) is 13.2 Å². The molecule has 0 aliphatic rings. The predicted molar refractivity (Wildman–Crippen MR) is 65.1 cm³/mol. The highest BCUT2D eigenvalue weighted by Crippen LogP contribution is 2.14. The van der Waals surface area contributed by atoms with E-state index in [4.69, 9.17) is 4.74 Å². The molecule has 0 amide bonds. The summed E-state index contributed by atoms with van der Waals surface area (Å²) in [4.78, 5) is 4.08. The summed E-state index contributed by atoms with van der Waals surface area (Å²) in [5, 5.41) is 7.14. The van der Waals surface area contributed by atoms with Gasteiger partial charge in [-0.15, -0.1) is 0 Å². The Hall–Kier alpha value is -1.19. The molecule has 1 N–H and O–H groups in total. The number of nitrogens with zero attached hydrogens (tertiary/aromatic N) is 3. The van der Waals surface area contributed by atoms with Gasteiger partial charge >= 0.3 is 6.18 Å². The van der Waals surface area contributed by atoms with Crippen LogP contribution in [0.15, 0.2) is 6.33 Å². The van der Waals surface area contributed by atoms with E-state index in [-0.39, 0.29) is 6.61 Å². The second-order valence-electron chi connectivity index (χ2n) is 4.09. The summed E-state index contributed by atoms with van der Waals surface area (Å²) in [5.74, 6) is 0.733. The summed E-state index contributed by atoms with van der Waals surface area (Å²) < 4.78 is 46.6. The number of ether oxygens (including phenoxy) is 2. The van der Waals surface area contributed by atoms with Crippen LogP contribution in [0.2, 0.25) is 0 Å². The van der Waals surface area contributed by atoms with E-state index in [1.807, 2.05) is 0 Å². The molecule has 9 heteroatoms. The largest absolute Gasteiger partial charge is 0.411 e. The van der Waals surface area contributed by atoms with Gasteiger partial charge in [-0.05, 0) is 6.42 Å². The molecule has 0 aromatic carbocycles. The van der Waals surface area contributed by atoms with Crippen LogP contribution >= 0.6 is 0 Å². The van der Waals surface area contributed by atoms with E-state index >= 15 is 0 Å². The quantitative estimate of drug-likeness (QED) is 0.652. The Balaban J connectivity index is 2.18. The van der Waals surface area contributed by atoms with E-state index in [1.165, 1.54) is 6.33 Å². The molecule has 0 aliphatic heterocycles. The third kappa shape index (κ3) is 7.41. The third-order valence-corrected chi connectivity index (χ3v) is 2.39. The number of alkyl halides is 3. The lowest BCUT2D eigenvalue weighted by atomic mass is 10.4. The topological polar surface area (TPSA) is 61.2 Å². The van der Waals surface area contributed by atoms with Gasteiger partial charge < -0.3 is 14.8 Å². The zero-order valence-electron chi connectivity index (χ0n) is 11.3. The molecule has 0 radical (unpaired) electrons. The molecule has 0 aliphatic carbocycles. The maximum Gasteiger partial charge on any atom is 0.411 e. The van der Waals surface area contributed by atoms with Crippen LogP contribution in [0.25, 0.3) is 0 Å². The highest BCUT2D eigenvalue weighted by Gasteiger charge is 2.27. The molecule has 0 fully saturated rings. The molecule has 1 heterocycles. The van der Waals surface area contributed by atoms with Crippen LogP contribution in [-0.2, 0) is 22.6 Å². The van der Waals surface area contributed by atoms with Crippen LogP contribution in [0.5, 0.6) is 0 Å². The highest BCUT2D eigenvalue weighted by atomic mass is 19.4. The van der Waals surface area contributed by atoms with Crippen LogP contribution in [0, 0.1) is 0 Å². The molecule has 1 aromatic rings. The average Bonchev–Trinajstić information content (AvgIpc) is 2.80. The van der Waals surface area contributed by atoms with E-state index in [2.05, 4.69) is 20.1 Å². The Bertz CT molecular complexity index is 371. The van der Waals surface area contributed by atoms with Crippen molar-refractivity contribution in [1.29, 1.82) is 0 Å². The molecule has 1 rings (SSSR count). The first-order valence-corrected chi connectivity index (χ1v) is 6.24. The zero-order valence-corrected chi connectivity index (χ0v) is 11.3. The fraction of sp³-hybridized carbons (Fsp3) is 0.818. The monoisotopic (exact) mass is 296 g/mol. The van der Waals surface area contributed by atoms with Gasteiger partial charge in [-0.25, -0.2) is 9.67 Å². The number of aryl methyl sites for hydroxylation is 1. The lowest BCUT2D eigenvalue weighted by molar-refractivity contribution is -0.174. The molecule has 0 atom stereocenters. The number of hydrogen-bond donors (Lipinski definition) is 1. The minimum Gasteiger partial charge on any atom is -0.383 e. The van der Waals surface area contributed by atoms with Gasteiger partial charge in [0.15, 0.2) is 0 Å². The smallest absolute Gasteiger partial charge is 0.383 e. The van der Waals surface area contributed by atoms with Crippen molar-refractivity contribution in [3.8, 4) is 0 Å². The average molecular weight is 296 g/mol. The number of rotatable bonds is 10. The Morgan fingerprint density at radius 2 is 2.15 bits per heavy atom. The van der Waals surface area contributed by atoms with Crippen molar-refractivity contribution in [2.75, 3.05) is 33.5 Å². The van der Waals surface area contributed by atoms with Crippen molar-refractivity contribution in [2.45, 2.75) is 25.7 Å². The van der Waals surface area contributed by atoms with Gasteiger partial charge in [-0.3, -0.25) is 0 Å². The van der Waals surface area contributed by atoms with Gasteiger partial charge in [0, 0.05) is 26.8 Å². The number of aromatic nitrogens is 3. The lowest BCUT2D eigenvalue weighted by Crippen LogP contribution is -2.22. The van der Waals surface area contributed by atoms with E-state index in [0.717, 1.165) is 5.82 Å². The molecule has 1 aromatic heterocycles. The molecular formula is C11H19F3N4O2. The summed E-state index contributed by atoms with van der Waals surface area (Å²) in [6.45, 7) is 1.12. The molecule has 0 saturated heterocycles. The first-order chi connectivity index (χ1) is 9.53. The summed E-state index contributed by atoms with van der Waals surface area (Å²) in [5.41, 5.74) is 0. The maximum absolute atomic E-state index is 11.9. The number of nitrogens with one attached hydrogen (secondary N) is 1. The summed E-state index contributed by atoms with van der Waals surface area (Å²) in [7, 11) is 1.62.